The monoisotopic (exact) mass is 492 g/mol. The summed E-state index contributed by atoms with van der Waals surface area (Å²) >= 11 is 0. The van der Waals surface area contributed by atoms with Crippen LogP contribution in [0.2, 0.25) is 0 Å². The van der Waals surface area contributed by atoms with Crippen molar-refractivity contribution in [1.29, 1.82) is 0 Å². The van der Waals surface area contributed by atoms with Crippen LogP contribution in [0.15, 0.2) is 47.0 Å². The van der Waals surface area contributed by atoms with Crippen LogP contribution in [-0.4, -0.2) is 60.2 Å². The minimum Gasteiger partial charge on any atom is -0.465 e. The third-order valence-corrected chi connectivity index (χ3v) is 6.10. The van der Waals surface area contributed by atoms with Gasteiger partial charge in [0.25, 0.3) is 0 Å². The van der Waals surface area contributed by atoms with Crippen molar-refractivity contribution in [1.82, 2.24) is 15.0 Å². The van der Waals surface area contributed by atoms with Gasteiger partial charge in [-0.2, -0.15) is 4.98 Å². The largest absolute Gasteiger partial charge is 0.465 e. The van der Waals surface area contributed by atoms with Crippen molar-refractivity contribution in [3.8, 4) is 11.4 Å². The van der Waals surface area contributed by atoms with Gasteiger partial charge >= 0.3 is 11.9 Å². The Morgan fingerprint density at radius 3 is 2.31 bits per heavy atom. The maximum Gasteiger partial charge on any atom is 0.337 e. The molecular formula is C26H28N4O6. The summed E-state index contributed by atoms with van der Waals surface area (Å²) in [6.07, 6.45) is 1.29. The van der Waals surface area contributed by atoms with Crippen LogP contribution < -0.4 is 5.32 Å². The molecule has 36 heavy (non-hydrogen) atoms. The maximum atomic E-state index is 12.9. The summed E-state index contributed by atoms with van der Waals surface area (Å²) in [6.45, 7) is 3.90. The van der Waals surface area contributed by atoms with Crippen LogP contribution in [0.25, 0.3) is 11.4 Å². The molecule has 0 saturated carbocycles. The molecule has 0 unspecified atom stereocenters. The quantitative estimate of drug-likeness (QED) is 0.494. The number of esters is 2. The van der Waals surface area contributed by atoms with Crippen LogP contribution in [-0.2, 0) is 20.8 Å². The highest BCUT2D eigenvalue weighted by atomic mass is 16.5. The Labute approximate surface area is 208 Å². The van der Waals surface area contributed by atoms with E-state index in [-0.39, 0.29) is 23.0 Å². The first-order chi connectivity index (χ1) is 17.4. The molecular weight excluding hydrogens is 464 g/mol. The third kappa shape index (κ3) is 5.95. The number of nitrogens with one attached hydrogen (secondary N) is 1. The summed E-state index contributed by atoms with van der Waals surface area (Å²) in [7, 11) is 2.49. The normalized spacial score (nSPS) is 14.3. The molecule has 4 rings (SSSR count). The summed E-state index contributed by atoms with van der Waals surface area (Å²) in [5.41, 5.74) is 2.66. The van der Waals surface area contributed by atoms with Crippen LogP contribution in [0.4, 0.5) is 5.69 Å². The molecule has 1 amide bonds. The summed E-state index contributed by atoms with van der Waals surface area (Å²) < 4.78 is 14.9. The van der Waals surface area contributed by atoms with Crippen molar-refractivity contribution < 1.29 is 28.4 Å². The highest BCUT2D eigenvalue weighted by Crippen LogP contribution is 2.23. The van der Waals surface area contributed by atoms with Crippen molar-refractivity contribution in [3.05, 3.63) is 65.0 Å². The lowest BCUT2D eigenvalue weighted by molar-refractivity contribution is -0.121. The van der Waals surface area contributed by atoms with Gasteiger partial charge in [-0.3, -0.25) is 9.69 Å². The van der Waals surface area contributed by atoms with Gasteiger partial charge in [0.15, 0.2) is 0 Å². The zero-order chi connectivity index (χ0) is 25.7. The molecule has 1 aliphatic rings. The van der Waals surface area contributed by atoms with E-state index in [4.69, 9.17) is 14.0 Å². The van der Waals surface area contributed by atoms with E-state index < -0.39 is 11.9 Å². The average molecular weight is 493 g/mol. The van der Waals surface area contributed by atoms with Gasteiger partial charge in [-0.25, -0.2) is 9.59 Å². The fourth-order valence-electron chi connectivity index (χ4n) is 4.18. The van der Waals surface area contributed by atoms with Crippen molar-refractivity contribution >= 4 is 23.5 Å². The molecule has 2 heterocycles. The van der Waals surface area contributed by atoms with Crippen molar-refractivity contribution in [3.63, 3.8) is 0 Å². The lowest BCUT2D eigenvalue weighted by Crippen LogP contribution is -2.37. The zero-order valence-electron chi connectivity index (χ0n) is 20.4. The van der Waals surface area contributed by atoms with E-state index in [1.54, 1.807) is 0 Å². The molecule has 0 radical (unpaired) electrons. The number of aryl methyl sites for hydroxylation is 1. The second-order valence-electron chi connectivity index (χ2n) is 8.70. The van der Waals surface area contributed by atoms with Crippen molar-refractivity contribution in [2.24, 2.45) is 5.92 Å². The number of benzene rings is 2. The van der Waals surface area contributed by atoms with E-state index in [0.29, 0.717) is 49.9 Å². The molecule has 0 spiro atoms. The molecule has 1 aliphatic heterocycles. The second-order valence-corrected chi connectivity index (χ2v) is 8.70. The summed E-state index contributed by atoms with van der Waals surface area (Å²) in [4.78, 5) is 43.6. The molecule has 2 aromatic carbocycles. The lowest BCUT2D eigenvalue weighted by atomic mass is 9.95. The zero-order valence-corrected chi connectivity index (χ0v) is 20.4. The highest BCUT2D eigenvalue weighted by molar-refractivity contribution is 6.00. The Bertz CT molecular complexity index is 1230. The third-order valence-electron chi connectivity index (χ3n) is 6.10. The van der Waals surface area contributed by atoms with Gasteiger partial charge in [0, 0.05) is 17.2 Å². The molecule has 0 aliphatic carbocycles. The van der Waals surface area contributed by atoms with E-state index in [2.05, 4.69) is 20.4 Å². The molecule has 0 atom stereocenters. The molecule has 10 heteroatoms. The van der Waals surface area contributed by atoms with E-state index in [0.717, 1.165) is 11.1 Å². The molecule has 10 nitrogen and oxygen atoms in total. The molecule has 1 N–H and O–H groups in total. The Balaban J connectivity index is 1.34. The number of piperidine rings is 1. The smallest absolute Gasteiger partial charge is 0.337 e. The van der Waals surface area contributed by atoms with Crippen LogP contribution in [0.1, 0.15) is 45.0 Å². The number of rotatable bonds is 7. The first-order valence-corrected chi connectivity index (χ1v) is 11.6. The first-order valence-electron chi connectivity index (χ1n) is 11.6. The number of carbonyl (C=O) groups is 3. The SMILES string of the molecule is COC(=O)c1cc(NC(=O)C2CCN(Cc3nc(-c4cccc(C)c4)no3)CC2)cc(C(=O)OC)c1. The van der Waals surface area contributed by atoms with Gasteiger partial charge in [-0.1, -0.05) is 28.9 Å². The van der Waals surface area contributed by atoms with E-state index in [1.165, 1.54) is 32.4 Å². The van der Waals surface area contributed by atoms with Crippen LogP contribution in [0.3, 0.4) is 0 Å². The minimum absolute atomic E-state index is 0.148. The average Bonchev–Trinajstić information content (AvgIpc) is 3.36. The van der Waals surface area contributed by atoms with Gasteiger partial charge in [0.1, 0.15) is 0 Å². The number of amides is 1. The predicted octanol–water partition coefficient (Wildman–Crippen LogP) is 3.47. The Morgan fingerprint density at radius 2 is 1.69 bits per heavy atom. The molecule has 3 aromatic rings. The number of hydrogen-bond acceptors (Lipinski definition) is 9. The number of anilines is 1. The Morgan fingerprint density at radius 1 is 1.03 bits per heavy atom. The molecule has 1 saturated heterocycles. The number of likely N-dealkylation sites (tertiary alicyclic amines) is 1. The number of ether oxygens (including phenoxy) is 2. The van der Waals surface area contributed by atoms with Crippen molar-refractivity contribution in [2.45, 2.75) is 26.3 Å². The molecule has 1 aromatic heterocycles. The van der Waals surface area contributed by atoms with E-state index in [1.807, 2.05) is 31.2 Å². The standard InChI is InChI=1S/C26H28N4O6/c1-16-5-4-6-18(11-16)23-28-22(36-29-23)15-30-9-7-17(8-10-30)24(31)27-21-13-19(25(32)34-2)12-20(14-21)26(33)35-3/h4-6,11-14,17H,7-10,15H2,1-3H3,(H,27,31). The Kier molecular flexibility index (Phi) is 7.74. The van der Waals surface area contributed by atoms with Gasteiger partial charge in [-0.15, -0.1) is 0 Å². The van der Waals surface area contributed by atoms with E-state index in [9.17, 15) is 14.4 Å². The number of carbonyl (C=O) groups excluding carboxylic acids is 3. The summed E-state index contributed by atoms with van der Waals surface area (Å²) in [5.74, 6) is -0.526. The highest BCUT2D eigenvalue weighted by Gasteiger charge is 2.27. The summed E-state index contributed by atoms with van der Waals surface area (Å²) in [5, 5.41) is 6.92. The van der Waals surface area contributed by atoms with Crippen LogP contribution >= 0.6 is 0 Å². The Hall–Kier alpha value is -4.05. The predicted molar refractivity (Wildman–Crippen MR) is 130 cm³/mol. The fraction of sp³-hybridized carbons (Fsp3) is 0.346. The van der Waals surface area contributed by atoms with Crippen LogP contribution in [0, 0.1) is 12.8 Å². The second kappa shape index (κ2) is 11.1. The number of methoxy groups -OCH3 is 2. The van der Waals surface area contributed by atoms with Gasteiger partial charge < -0.3 is 19.3 Å². The number of hydrogen-bond donors (Lipinski definition) is 1. The lowest BCUT2D eigenvalue weighted by Gasteiger charge is -2.30. The summed E-state index contributed by atoms with van der Waals surface area (Å²) in [6, 6.07) is 12.2. The first kappa shape index (κ1) is 25.1. The van der Waals surface area contributed by atoms with Gasteiger partial charge in [0.2, 0.25) is 17.6 Å². The van der Waals surface area contributed by atoms with Crippen LogP contribution in [0.5, 0.6) is 0 Å². The molecule has 0 bridgehead atoms. The van der Waals surface area contributed by atoms with Gasteiger partial charge in [-0.05, 0) is 57.1 Å². The minimum atomic E-state index is -0.615. The molecule has 1 fully saturated rings. The van der Waals surface area contributed by atoms with Crippen molar-refractivity contribution in [2.75, 3.05) is 32.6 Å². The topological polar surface area (TPSA) is 124 Å². The number of aromatic nitrogens is 2. The van der Waals surface area contributed by atoms with Gasteiger partial charge in [0.05, 0.1) is 31.9 Å². The van der Waals surface area contributed by atoms with E-state index >= 15 is 0 Å². The fourth-order valence-corrected chi connectivity index (χ4v) is 4.18. The molecule has 188 valence electrons. The number of nitrogens with zero attached hydrogens (tertiary/aromatic N) is 3. The maximum absolute atomic E-state index is 12.9.